The first-order valence-corrected chi connectivity index (χ1v) is 6.94. The van der Waals surface area contributed by atoms with Gasteiger partial charge in [0.15, 0.2) is 0 Å². The number of anilines is 1. The van der Waals surface area contributed by atoms with Crippen molar-refractivity contribution in [2.75, 3.05) is 5.32 Å². The summed E-state index contributed by atoms with van der Waals surface area (Å²) in [5, 5.41) is 15.6. The molecular weight excluding hydrogens is 264 g/mol. The molecule has 0 radical (unpaired) electrons. The van der Waals surface area contributed by atoms with E-state index in [1.54, 1.807) is 19.1 Å². The van der Waals surface area contributed by atoms with Crippen LogP contribution in [0.4, 0.5) is 5.69 Å². The zero-order chi connectivity index (χ0) is 15.2. The molecule has 4 heteroatoms. The summed E-state index contributed by atoms with van der Waals surface area (Å²) in [7, 11) is 0. The van der Waals surface area contributed by atoms with Crippen LogP contribution >= 0.6 is 0 Å². The smallest absolute Gasteiger partial charge is 0.241 e. The minimum Gasteiger partial charge on any atom is -0.508 e. The molecule has 21 heavy (non-hydrogen) atoms. The first kappa shape index (κ1) is 15.1. The Balaban J connectivity index is 1.88. The van der Waals surface area contributed by atoms with E-state index in [-0.39, 0.29) is 17.7 Å². The summed E-state index contributed by atoms with van der Waals surface area (Å²) in [6, 6.07) is 14.4. The van der Waals surface area contributed by atoms with Crippen LogP contribution < -0.4 is 10.6 Å². The number of amides is 1. The van der Waals surface area contributed by atoms with Crippen LogP contribution in [0.15, 0.2) is 48.5 Å². The standard InChI is InChI=1S/C17H20N2O2/c1-12-7-9-15(10-8-12)19-17(21)13(2)18-11-14-5-3-4-6-16(14)20/h3-10,13,18,20H,11H2,1-2H3,(H,19,21). The second-order valence-corrected chi connectivity index (χ2v) is 5.09. The number of phenols is 1. The second kappa shape index (κ2) is 6.90. The molecule has 0 aliphatic rings. The van der Waals surface area contributed by atoms with Gasteiger partial charge in [-0.2, -0.15) is 0 Å². The molecule has 1 atom stereocenters. The van der Waals surface area contributed by atoms with Crippen molar-refractivity contribution in [3.63, 3.8) is 0 Å². The molecule has 0 aliphatic carbocycles. The van der Waals surface area contributed by atoms with Crippen molar-refractivity contribution in [3.05, 3.63) is 59.7 Å². The average molecular weight is 284 g/mol. The Hall–Kier alpha value is -2.33. The van der Waals surface area contributed by atoms with E-state index >= 15 is 0 Å². The molecule has 0 aliphatic heterocycles. The van der Waals surface area contributed by atoms with E-state index in [4.69, 9.17) is 0 Å². The fraction of sp³-hybridized carbons (Fsp3) is 0.235. The predicted octanol–water partition coefficient (Wildman–Crippen LogP) is 2.82. The molecule has 0 fully saturated rings. The van der Waals surface area contributed by atoms with Gasteiger partial charge >= 0.3 is 0 Å². The molecule has 2 rings (SSSR count). The normalized spacial score (nSPS) is 11.9. The molecule has 3 N–H and O–H groups in total. The van der Waals surface area contributed by atoms with Crippen LogP contribution in [0.5, 0.6) is 5.75 Å². The predicted molar refractivity (Wildman–Crippen MR) is 84.2 cm³/mol. The van der Waals surface area contributed by atoms with Crippen LogP contribution in [0, 0.1) is 6.92 Å². The summed E-state index contributed by atoms with van der Waals surface area (Å²) >= 11 is 0. The van der Waals surface area contributed by atoms with Crippen LogP contribution in [-0.2, 0) is 11.3 Å². The molecular formula is C17H20N2O2. The number of phenolic OH excluding ortho intramolecular Hbond substituents is 1. The fourth-order valence-electron chi connectivity index (χ4n) is 1.90. The summed E-state index contributed by atoms with van der Waals surface area (Å²) in [4.78, 5) is 12.1. The molecule has 4 nitrogen and oxygen atoms in total. The van der Waals surface area contributed by atoms with Crippen LogP contribution in [-0.4, -0.2) is 17.1 Å². The van der Waals surface area contributed by atoms with Crippen molar-refractivity contribution in [2.45, 2.75) is 26.4 Å². The topological polar surface area (TPSA) is 61.4 Å². The van der Waals surface area contributed by atoms with Crippen molar-refractivity contribution in [1.82, 2.24) is 5.32 Å². The Bertz CT molecular complexity index is 608. The maximum atomic E-state index is 12.1. The van der Waals surface area contributed by atoms with Crippen LogP contribution in [0.25, 0.3) is 0 Å². The van der Waals surface area contributed by atoms with Gasteiger partial charge in [-0.3, -0.25) is 4.79 Å². The number of benzene rings is 2. The van der Waals surface area contributed by atoms with Crippen LogP contribution in [0.2, 0.25) is 0 Å². The third kappa shape index (κ3) is 4.33. The number of para-hydroxylation sites is 1. The van der Waals surface area contributed by atoms with Crippen molar-refractivity contribution < 1.29 is 9.90 Å². The van der Waals surface area contributed by atoms with E-state index in [9.17, 15) is 9.90 Å². The summed E-state index contributed by atoms with van der Waals surface area (Å²) in [5.41, 5.74) is 2.70. The zero-order valence-electron chi connectivity index (χ0n) is 12.3. The Morgan fingerprint density at radius 1 is 1.14 bits per heavy atom. The van der Waals surface area contributed by atoms with Crippen molar-refractivity contribution in [3.8, 4) is 5.75 Å². The number of hydrogen-bond donors (Lipinski definition) is 3. The minimum atomic E-state index is -0.356. The Kier molecular flexibility index (Phi) is 4.95. The van der Waals surface area contributed by atoms with Crippen molar-refractivity contribution >= 4 is 11.6 Å². The first-order chi connectivity index (χ1) is 10.1. The lowest BCUT2D eigenvalue weighted by atomic mass is 10.2. The number of nitrogens with one attached hydrogen (secondary N) is 2. The Labute approximate surface area is 124 Å². The summed E-state index contributed by atoms with van der Waals surface area (Å²) in [6.07, 6.45) is 0. The van der Waals surface area contributed by atoms with Gasteiger partial charge in [0, 0.05) is 17.8 Å². The van der Waals surface area contributed by atoms with E-state index in [0.29, 0.717) is 6.54 Å². The average Bonchev–Trinajstić information content (AvgIpc) is 2.48. The zero-order valence-corrected chi connectivity index (χ0v) is 12.3. The third-order valence-electron chi connectivity index (χ3n) is 3.30. The number of carbonyl (C=O) groups is 1. The molecule has 0 saturated carbocycles. The lowest BCUT2D eigenvalue weighted by Crippen LogP contribution is -2.37. The molecule has 0 spiro atoms. The highest BCUT2D eigenvalue weighted by Crippen LogP contribution is 2.15. The van der Waals surface area contributed by atoms with Gasteiger partial charge in [0.1, 0.15) is 5.75 Å². The molecule has 2 aromatic rings. The van der Waals surface area contributed by atoms with E-state index in [2.05, 4.69) is 10.6 Å². The van der Waals surface area contributed by atoms with E-state index in [0.717, 1.165) is 16.8 Å². The molecule has 0 heterocycles. The van der Waals surface area contributed by atoms with Crippen molar-refractivity contribution in [2.24, 2.45) is 0 Å². The quantitative estimate of drug-likeness (QED) is 0.791. The molecule has 1 unspecified atom stereocenters. The van der Waals surface area contributed by atoms with E-state index in [1.807, 2.05) is 43.3 Å². The highest BCUT2D eigenvalue weighted by Gasteiger charge is 2.12. The molecule has 110 valence electrons. The number of hydrogen-bond acceptors (Lipinski definition) is 3. The van der Waals surface area contributed by atoms with Crippen molar-refractivity contribution in [1.29, 1.82) is 0 Å². The highest BCUT2D eigenvalue weighted by atomic mass is 16.3. The minimum absolute atomic E-state index is 0.103. The van der Waals surface area contributed by atoms with E-state index < -0.39 is 0 Å². The Morgan fingerprint density at radius 3 is 2.48 bits per heavy atom. The van der Waals surface area contributed by atoms with Gasteiger partial charge in [-0.05, 0) is 32.0 Å². The monoisotopic (exact) mass is 284 g/mol. The summed E-state index contributed by atoms with van der Waals surface area (Å²) < 4.78 is 0. The largest absolute Gasteiger partial charge is 0.508 e. The van der Waals surface area contributed by atoms with Gasteiger partial charge in [-0.15, -0.1) is 0 Å². The van der Waals surface area contributed by atoms with Gasteiger partial charge in [-0.25, -0.2) is 0 Å². The van der Waals surface area contributed by atoms with Gasteiger partial charge in [0.2, 0.25) is 5.91 Å². The lowest BCUT2D eigenvalue weighted by molar-refractivity contribution is -0.117. The second-order valence-electron chi connectivity index (χ2n) is 5.09. The van der Waals surface area contributed by atoms with Gasteiger partial charge in [-0.1, -0.05) is 35.9 Å². The number of carbonyl (C=O) groups excluding carboxylic acids is 1. The first-order valence-electron chi connectivity index (χ1n) is 6.94. The maximum Gasteiger partial charge on any atom is 0.241 e. The number of aryl methyl sites for hydroxylation is 1. The molecule has 0 aromatic heterocycles. The fourth-order valence-corrected chi connectivity index (χ4v) is 1.90. The molecule has 0 bridgehead atoms. The highest BCUT2D eigenvalue weighted by molar-refractivity contribution is 5.94. The van der Waals surface area contributed by atoms with E-state index in [1.165, 1.54) is 0 Å². The van der Waals surface area contributed by atoms with Gasteiger partial charge in [0.05, 0.1) is 6.04 Å². The SMILES string of the molecule is Cc1ccc(NC(=O)C(C)NCc2ccccc2O)cc1. The number of rotatable bonds is 5. The molecule has 1 amide bonds. The summed E-state index contributed by atoms with van der Waals surface area (Å²) in [5.74, 6) is 0.130. The molecule has 2 aromatic carbocycles. The van der Waals surface area contributed by atoms with Crippen LogP contribution in [0.1, 0.15) is 18.1 Å². The molecule has 0 saturated heterocycles. The van der Waals surface area contributed by atoms with Gasteiger partial charge in [0.25, 0.3) is 0 Å². The van der Waals surface area contributed by atoms with Gasteiger partial charge < -0.3 is 15.7 Å². The Morgan fingerprint density at radius 2 is 1.81 bits per heavy atom. The third-order valence-corrected chi connectivity index (χ3v) is 3.30. The summed E-state index contributed by atoms with van der Waals surface area (Å²) in [6.45, 7) is 4.24. The number of aromatic hydroxyl groups is 1. The maximum absolute atomic E-state index is 12.1. The lowest BCUT2D eigenvalue weighted by Gasteiger charge is -2.14. The van der Waals surface area contributed by atoms with Crippen LogP contribution in [0.3, 0.4) is 0 Å².